The van der Waals surface area contributed by atoms with Crippen molar-refractivity contribution in [2.24, 2.45) is 5.73 Å². The van der Waals surface area contributed by atoms with Crippen molar-refractivity contribution in [2.45, 2.75) is 6.42 Å². The molecule has 0 saturated carbocycles. The first-order valence-corrected chi connectivity index (χ1v) is 6.76. The van der Waals surface area contributed by atoms with E-state index in [0.29, 0.717) is 31.9 Å². The fraction of sp³-hybridized carbons (Fsp3) is 0.429. The predicted molar refractivity (Wildman–Crippen MR) is 75.8 cm³/mol. The van der Waals surface area contributed by atoms with Crippen LogP contribution in [0.4, 0.5) is 10.1 Å². The third kappa shape index (κ3) is 3.91. The number of nitrogens with two attached hydrogens (primary N) is 1. The summed E-state index contributed by atoms with van der Waals surface area (Å²) in [5.74, 6) is -2.01. The standard InChI is InChI=1S/C14H18FN3O3/c15-11-8-10(14(16)21)2-3-12(11)18-5-1-4-17(6-7-18)9-13(19)20/h2-3,8H,1,4-7,9H2,(H2,16,21)(H,19,20). The van der Waals surface area contributed by atoms with Gasteiger partial charge in [-0.1, -0.05) is 0 Å². The molecule has 21 heavy (non-hydrogen) atoms. The van der Waals surface area contributed by atoms with Crippen molar-refractivity contribution in [3.05, 3.63) is 29.6 Å². The molecule has 2 rings (SSSR count). The summed E-state index contributed by atoms with van der Waals surface area (Å²) in [6.07, 6.45) is 0.754. The van der Waals surface area contributed by atoms with Gasteiger partial charge in [0.25, 0.3) is 0 Å². The minimum absolute atomic E-state index is 0.00304. The molecule has 1 saturated heterocycles. The lowest BCUT2D eigenvalue weighted by Gasteiger charge is -2.23. The summed E-state index contributed by atoms with van der Waals surface area (Å²) >= 11 is 0. The lowest BCUT2D eigenvalue weighted by atomic mass is 10.1. The number of carboxylic acids is 1. The van der Waals surface area contributed by atoms with Gasteiger partial charge in [0.15, 0.2) is 0 Å². The van der Waals surface area contributed by atoms with Crippen LogP contribution >= 0.6 is 0 Å². The fourth-order valence-electron chi connectivity index (χ4n) is 2.48. The molecule has 1 heterocycles. The number of carbonyl (C=O) groups excluding carboxylic acids is 1. The van der Waals surface area contributed by atoms with Crippen LogP contribution in [-0.2, 0) is 4.79 Å². The number of benzene rings is 1. The van der Waals surface area contributed by atoms with Crippen LogP contribution in [0, 0.1) is 5.82 Å². The number of hydrogen-bond acceptors (Lipinski definition) is 4. The van der Waals surface area contributed by atoms with Crippen molar-refractivity contribution in [1.82, 2.24) is 4.90 Å². The Morgan fingerprint density at radius 2 is 2.00 bits per heavy atom. The molecular formula is C14H18FN3O3. The first-order chi connectivity index (χ1) is 9.97. The Labute approximate surface area is 121 Å². The molecular weight excluding hydrogens is 277 g/mol. The van der Waals surface area contributed by atoms with Gasteiger partial charge in [-0.05, 0) is 24.6 Å². The fourth-order valence-corrected chi connectivity index (χ4v) is 2.48. The van der Waals surface area contributed by atoms with Crippen molar-refractivity contribution in [1.29, 1.82) is 0 Å². The van der Waals surface area contributed by atoms with Crippen LogP contribution in [0.2, 0.25) is 0 Å². The first-order valence-electron chi connectivity index (χ1n) is 6.76. The van der Waals surface area contributed by atoms with Crippen molar-refractivity contribution in [2.75, 3.05) is 37.6 Å². The number of amides is 1. The summed E-state index contributed by atoms with van der Waals surface area (Å²) in [6.45, 7) is 2.41. The Hall–Kier alpha value is -2.15. The summed E-state index contributed by atoms with van der Waals surface area (Å²) in [6, 6.07) is 4.18. The van der Waals surface area contributed by atoms with Crippen LogP contribution in [0.25, 0.3) is 0 Å². The van der Waals surface area contributed by atoms with E-state index >= 15 is 0 Å². The zero-order chi connectivity index (χ0) is 15.4. The monoisotopic (exact) mass is 295 g/mol. The van der Waals surface area contributed by atoms with E-state index in [1.807, 2.05) is 9.80 Å². The maximum Gasteiger partial charge on any atom is 0.317 e. The van der Waals surface area contributed by atoms with Gasteiger partial charge >= 0.3 is 5.97 Å². The largest absolute Gasteiger partial charge is 0.480 e. The number of anilines is 1. The molecule has 0 atom stereocenters. The van der Waals surface area contributed by atoms with Crippen LogP contribution in [-0.4, -0.2) is 54.6 Å². The van der Waals surface area contributed by atoms with Crippen molar-refractivity contribution < 1.29 is 19.1 Å². The lowest BCUT2D eigenvalue weighted by Crippen LogP contribution is -2.34. The summed E-state index contributed by atoms with van der Waals surface area (Å²) < 4.78 is 14.1. The molecule has 1 aliphatic heterocycles. The van der Waals surface area contributed by atoms with E-state index in [2.05, 4.69) is 0 Å². The lowest BCUT2D eigenvalue weighted by molar-refractivity contribution is -0.138. The SMILES string of the molecule is NC(=O)c1ccc(N2CCCN(CC(=O)O)CC2)c(F)c1. The van der Waals surface area contributed by atoms with E-state index < -0.39 is 17.7 Å². The number of halogens is 1. The van der Waals surface area contributed by atoms with Crippen LogP contribution in [0.5, 0.6) is 0 Å². The number of carbonyl (C=O) groups is 2. The van der Waals surface area contributed by atoms with Crippen LogP contribution in [0.1, 0.15) is 16.8 Å². The molecule has 1 fully saturated rings. The zero-order valence-electron chi connectivity index (χ0n) is 11.6. The number of nitrogens with zero attached hydrogens (tertiary/aromatic N) is 2. The van der Waals surface area contributed by atoms with E-state index in [-0.39, 0.29) is 12.1 Å². The molecule has 0 unspecified atom stereocenters. The van der Waals surface area contributed by atoms with Crippen molar-refractivity contribution in [3.63, 3.8) is 0 Å². The molecule has 1 aromatic rings. The third-order valence-corrected chi connectivity index (χ3v) is 3.52. The van der Waals surface area contributed by atoms with Gasteiger partial charge in [0.05, 0.1) is 12.2 Å². The summed E-state index contributed by atoms with van der Waals surface area (Å²) in [4.78, 5) is 25.4. The summed E-state index contributed by atoms with van der Waals surface area (Å²) in [5, 5.41) is 8.81. The minimum Gasteiger partial charge on any atom is -0.480 e. The summed E-state index contributed by atoms with van der Waals surface area (Å²) in [7, 11) is 0. The average Bonchev–Trinajstić information content (AvgIpc) is 2.63. The number of carboxylic acid groups (broad SMARTS) is 1. The Morgan fingerprint density at radius 3 is 2.62 bits per heavy atom. The molecule has 3 N–H and O–H groups in total. The van der Waals surface area contributed by atoms with Crippen molar-refractivity contribution >= 4 is 17.6 Å². The predicted octanol–water partition coefficient (Wildman–Crippen LogP) is 0.521. The van der Waals surface area contributed by atoms with E-state index in [4.69, 9.17) is 10.8 Å². The maximum atomic E-state index is 14.1. The van der Waals surface area contributed by atoms with Gasteiger partial charge in [0.2, 0.25) is 5.91 Å². The highest BCUT2D eigenvalue weighted by molar-refractivity contribution is 5.93. The molecule has 0 aliphatic carbocycles. The topological polar surface area (TPSA) is 86.9 Å². The van der Waals surface area contributed by atoms with E-state index in [9.17, 15) is 14.0 Å². The molecule has 0 aromatic heterocycles. The van der Waals surface area contributed by atoms with Gasteiger partial charge in [-0.3, -0.25) is 14.5 Å². The van der Waals surface area contributed by atoms with Crippen LogP contribution in [0.15, 0.2) is 18.2 Å². The number of hydrogen-bond donors (Lipinski definition) is 2. The molecule has 7 heteroatoms. The molecule has 0 radical (unpaired) electrons. The summed E-state index contributed by atoms with van der Waals surface area (Å²) in [5.41, 5.74) is 5.67. The van der Waals surface area contributed by atoms with E-state index in [0.717, 1.165) is 12.5 Å². The number of rotatable bonds is 4. The van der Waals surface area contributed by atoms with E-state index in [1.54, 1.807) is 6.07 Å². The van der Waals surface area contributed by atoms with Gasteiger partial charge in [0, 0.05) is 31.7 Å². The molecule has 0 bridgehead atoms. The average molecular weight is 295 g/mol. The second-order valence-electron chi connectivity index (χ2n) is 5.04. The second-order valence-corrected chi connectivity index (χ2v) is 5.04. The van der Waals surface area contributed by atoms with Gasteiger partial charge in [0.1, 0.15) is 5.82 Å². The normalized spacial score (nSPS) is 16.5. The molecule has 1 amide bonds. The van der Waals surface area contributed by atoms with Gasteiger partial charge in [-0.2, -0.15) is 0 Å². The Balaban J connectivity index is 2.08. The smallest absolute Gasteiger partial charge is 0.317 e. The molecule has 1 aromatic carbocycles. The quantitative estimate of drug-likeness (QED) is 0.845. The third-order valence-electron chi connectivity index (χ3n) is 3.52. The second kappa shape index (κ2) is 6.53. The Kier molecular flexibility index (Phi) is 4.74. The van der Waals surface area contributed by atoms with Crippen LogP contribution < -0.4 is 10.6 Å². The zero-order valence-corrected chi connectivity index (χ0v) is 11.6. The number of primary amides is 1. The Bertz CT molecular complexity index is 550. The molecule has 0 spiro atoms. The van der Waals surface area contributed by atoms with Crippen molar-refractivity contribution in [3.8, 4) is 0 Å². The maximum absolute atomic E-state index is 14.1. The minimum atomic E-state index is -0.861. The molecule has 114 valence electrons. The highest BCUT2D eigenvalue weighted by Crippen LogP contribution is 2.22. The Morgan fingerprint density at radius 1 is 1.24 bits per heavy atom. The van der Waals surface area contributed by atoms with Gasteiger partial charge < -0.3 is 15.7 Å². The number of aliphatic carboxylic acids is 1. The van der Waals surface area contributed by atoms with Crippen LogP contribution in [0.3, 0.4) is 0 Å². The molecule has 6 nitrogen and oxygen atoms in total. The highest BCUT2D eigenvalue weighted by Gasteiger charge is 2.19. The first kappa shape index (κ1) is 15.2. The highest BCUT2D eigenvalue weighted by atomic mass is 19.1. The van der Waals surface area contributed by atoms with E-state index in [1.165, 1.54) is 6.07 Å². The van der Waals surface area contributed by atoms with Gasteiger partial charge in [-0.25, -0.2) is 4.39 Å². The van der Waals surface area contributed by atoms with Gasteiger partial charge in [-0.15, -0.1) is 0 Å². The molecule has 1 aliphatic rings.